The molecule has 0 radical (unpaired) electrons. The molecule has 0 unspecified atom stereocenters. The first-order valence-electron chi connectivity index (χ1n) is 14.8. The molecular formula is C35H42N2O3. The molecule has 0 N–H and O–H groups in total. The van der Waals surface area contributed by atoms with Gasteiger partial charge in [-0.3, -0.25) is 14.5 Å². The van der Waals surface area contributed by atoms with E-state index in [1.165, 1.54) is 16.7 Å². The maximum absolute atomic E-state index is 14.0. The number of rotatable bonds is 7. The lowest BCUT2D eigenvalue weighted by Gasteiger charge is -2.44. The van der Waals surface area contributed by atoms with E-state index in [0.29, 0.717) is 19.2 Å². The summed E-state index contributed by atoms with van der Waals surface area (Å²) in [6, 6.07) is 27.5. The van der Waals surface area contributed by atoms with E-state index in [-0.39, 0.29) is 29.6 Å². The van der Waals surface area contributed by atoms with Gasteiger partial charge < -0.3 is 9.64 Å². The van der Waals surface area contributed by atoms with Crippen LogP contribution in [0.25, 0.3) is 0 Å². The maximum atomic E-state index is 14.0. The second kappa shape index (κ2) is 12.8. The molecule has 0 spiro atoms. The largest absolute Gasteiger partial charge is 0.466 e. The van der Waals surface area contributed by atoms with Gasteiger partial charge in [-0.15, -0.1) is 0 Å². The van der Waals surface area contributed by atoms with E-state index in [1.54, 1.807) is 0 Å². The van der Waals surface area contributed by atoms with Gasteiger partial charge in [0.15, 0.2) is 0 Å². The van der Waals surface area contributed by atoms with Gasteiger partial charge in [0.25, 0.3) is 0 Å². The third kappa shape index (κ3) is 6.31. The van der Waals surface area contributed by atoms with Crippen LogP contribution in [-0.2, 0) is 14.3 Å². The van der Waals surface area contributed by atoms with Crippen molar-refractivity contribution in [1.82, 2.24) is 9.80 Å². The van der Waals surface area contributed by atoms with Crippen LogP contribution in [0.3, 0.4) is 0 Å². The topological polar surface area (TPSA) is 49.9 Å². The third-order valence-corrected chi connectivity index (χ3v) is 8.82. The second-order valence-corrected chi connectivity index (χ2v) is 11.5. The number of hydrogen-bond acceptors (Lipinski definition) is 4. The summed E-state index contributed by atoms with van der Waals surface area (Å²) in [5, 5.41) is 0. The summed E-state index contributed by atoms with van der Waals surface area (Å²) in [4.78, 5) is 31.6. The number of aryl methyl sites for hydroxylation is 2. The van der Waals surface area contributed by atoms with Gasteiger partial charge in [0.1, 0.15) is 0 Å². The third-order valence-electron chi connectivity index (χ3n) is 8.82. The number of benzene rings is 3. The Morgan fingerprint density at radius 3 is 1.93 bits per heavy atom. The Kier molecular flexibility index (Phi) is 9.01. The molecule has 1 amide bonds. The number of esters is 1. The lowest BCUT2D eigenvalue weighted by molar-refractivity contribution is -0.151. The van der Waals surface area contributed by atoms with E-state index < -0.39 is 0 Å². The van der Waals surface area contributed by atoms with E-state index in [2.05, 4.69) is 96.4 Å². The zero-order valence-electron chi connectivity index (χ0n) is 24.1. The van der Waals surface area contributed by atoms with Gasteiger partial charge in [-0.1, -0.05) is 90.0 Å². The first-order chi connectivity index (χ1) is 19.4. The van der Waals surface area contributed by atoms with Crippen molar-refractivity contribution >= 4 is 11.9 Å². The second-order valence-electron chi connectivity index (χ2n) is 11.5. The summed E-state index contributed by atoms with van der Waals surface area (Å²) in [5.74, 6) is -0.190. The number of piperidine rings is 2. The van der Waals surface area contributed by atoms with Crippen molar-refractivity contribution in [3.63, 3.8) is 0 Å². The van der Waals surface area contributed by atoms with Gasteiger partial charge in [-0.05, 0) is 69.2 Å². The molecule has 5 heteroatoms. The number of carbonyl (C=O) groups excluding carboxylic acids is 2. The number of amides is 1. The van der Waals surface area contributed by atoms with E-state index >= 15 is 0 Å². The Balaban J connectivity index is 1.27. The van der Waals surface area contributed by atoms with Gasteiger partial charge >= 0.3 is 5.97 Å². The van der Waals surface area contributed by atoms with Gasteiger partial charge in [0.05, 0.1) is 18.4 Å². The predicted molar refractivity (Wildman–Crippen MR) is 159 cm³/mol. The molecule has 5 rings (SSSR count). The summed E-state index contributed by atoms with van der Waals surface area (Å²) < 4.78 is 5.52. The monoisotopic (exact) mass is 538 g/mol. The Bertz CT molecular complexity index is 1220. The minimum atomic E-state index is -0.299. The van der Waals surface area contributed by atoms with Crippen LogP contribution in [0.4, 0.5) is 0 Å². The van der Waals surface area contributed by atoms with Crippen molar-refractivity contribution in [2.24, 2.45) is 5.92 Å². The average molecular weight is 539 g/mol. The van der Waals surface area contributed by atoms with Crippen molar-refractivity contribution in [2.75, 3.05) is 32.8 Å². The van der Waals surface area contributed by atoms with Gasteiger partial charge in [0, 0.05) is 25.7 Å². The smallest absolute Gasteiger partial charge is 0.310 e. The van der Waals surface area contributed by atoms with Crippen LogP contribution in [0.15, 0.2) is 78.9 Å². The van der Waals surface area contributed by atoms with Crippen molar-refractivity contribution in [3.05, 3.63) is 107 Å². The molecule has 2 aliphatic heterocycles. The summed E-state index contributed by atoms with van der Waals surface area (Å²) in [6.45, 7) is 9.58. The van der Waals surface area contributed by atoms with Crippen molar-refractivity contribution < 1.29 is 14.3 Å². The molecule has 2 atom stereocenters. The van der Waals surface area contributed by atoms with Crippen molar-refractivity contribution in [2.45, 2.75) is 57.9 Å². The molecule has 2 heterocycles. The minimum absolute atomic E-state index is 0.0901. The molecule has 0 bridgehead atoms. The Morgan fingerprint density at radius 1 is 0.800 bits per heavy atom. The summed E-state index contributed by atoms with van der Waals surface area (Å²) in [5.41, 5.74) is 5.69. The average Bonchev–Trinajstić information content (AvgIpc) is 2.99. The first kappa shape index (κ1) is 28.1. The van der Waals surface area contributed by atoms with Crippen molar-refractivity contribution in [1.29, 1.82) is 0 Å². The van der Waals surface area contributed by atoms with E-state index in [4.69, 9.17) is 4.74 Å². The molecule has 0 saturated carbocycles. The van der Waals surface area contributed by atoms with Crippen LogP contribution in [0.1, 0.15) is 65.8 Å². The van der Waals surface area contributed by atoms with Crippen LogP contribution in [0.5, 0.6) is 0 Å². The quantitative estimate of drug-likeness (QED) is 0.342. The number of likely N-dealkylation sites (tertiary alicyclic amines) is 2. The molecule has 0 aromatic heterocycles. The highest BCUT2D eigenvalue weighted by atomic mass is 16.5. The maximum Gasteiger partial charge on any atom is 0.310 e. The SMILES string of the molecule is CCOC(=O)[C@H]1CN(C2CCN(C(=O)C(c3ccc(C)cc3)c3ccc(C)cc3)CC2)CC[C@H]1c1ccccc1. The van der Waals surface area contributed by atoms with Crippen molar-refractivity contribution in [3.8, 4) is 0 Å². The fourth-order valence-electron chi connectivity index (χ4n) is 6.53. The molecular weight excluding hydrogens is 496 g/mol. The Hall–Kier alpha value is -3.44. The first-order valence-corrected chi connectivity index (χ1v) is 14.8. The molecule has 0 aliphatic carbocycles. The van der Waals surface area contributed by atoms with E-state index in [0.717, 1.165) is 50.0 Å². The molecule has 2 saturated heterocycles. The molecule has 5 nitrogen and oxygen atoms in total. The highest BCUT2D eigenvalue weighted by Crippen LogP contribution is 2.36. The number of hydrogen-bond donors (Lipinski definition) is 0. The van der Waals surface area contributed by atoms with Gasteiger partial charge in [0.2, 0.25) is 5.91 Å². The summed E-state index contributed by atoms with van der Waals surface area (Å²) in [7, 11) is 0. The highest BCUT2D eigenvalue weighted by molar-refractivity contribution is 5.87. The Labute approximate surface area is 239 Å². The fraction of sp³-hybridized carbons (Fsp3) is 0.429. The number of ether oxygens (including phenoxy) is 1. The lowest BCUT2D eigenvalue weighted by Crippen LogP contribution is -2.52. The van der Waals surface area contributed by atoms with Crippen LogP contribution < -0.4 is 0 Å². The normalized spacial score (nSPS) is 20.4. The Morgan fingerprint density at radius 2 is 1.38 bits per heavy atom. The van der Waals surface area contributed by atoms with Gasteiger partial charge in [-0.2, -0.15) is 0 Å². The number of nitrogens with zero attached hydrogens (tertiary/aromatic N) is 2. The zero-order chi connectivity index (χ0) is 28.1. The molecule has 210 valence electrons. The lowest BCUT2D eigenvalue weighted by atomic mass is 9.79. The molecule has 3 aromatic rings. The minimum Gasteiger partial charge on any atom is -0.466 e. The fourth-order valence-corrected chi connectivity index (χ4v) is 6.53. The molecule has 2 fully saturated rings. The van der Waals surface area contributed by atoms with Gasteiger partial charge in [-0.25, -0.2) is 0 Å². The van der Waals surface area contributed by atoms with E-state index in [9.17, 15) is 9.59 Å². The molecule has 40 heavy (non-hydrogen) atoms. The highest BCUT2D eigenvalue weighted by Gasteiger charge is 2.40. The van der Waals surface area contributed by atoms with Crippen LogP contribution in [0.2, 0.25) is 0 Å². The molecule has 2 aliphatic rings. The van der Waals surface area contributed by atoms with E-state index in [1.807, 2.05) is 13.0 Å². The molecule has 3 aromatic carbocycles. The van der Waals surface area contributed by atoms with Crippen LogP contribution >= 0.6 is 0 Å². The summed E-state index contributed by atoms with van der Waals surface area (Å²) >= 11 is 0. The standard InChI is InChI=1S/C35H42N2O3/c1-4-40-35(39)32-24-37(23-20-31(32)27-8-6-5-7-9-27)30-18-21-36(22-19-30)34(38)33(28-14-10-25(2)11-15-28)29-16-12-26(3)13-17-29/h5-17,30-33H,4,18-24H2,1-3H3/t31-,32-/m0/s1. The summed E-state index contributed by atoms with van der Waals surface area (Å²) in [6.07, 6.45) is 2.78. The van der Waals surface area contributed by atoms with Crippen LogP contribution in [-0.4, -0.2) is 60.5 Å². The van der Waals surface area contributed by atoms with Crippen LogP contribution in [0, 0.1) is 19.8 Å². The predicted octanol–water partition coefficient (Wildman–Crippen LogP) is 6.10. The zero-order valence-corrected chi connectivity index (χ0v) is 24.1. The number of carbonyl (C=O) groups is 2.